The highest BCUT2D eigenvalue weighted by molar-refractivity contribution is 5.85. The highest BCUT2D eigenvalue weighted by Crippen LogP contribution is 2.18. The molecule has 1 amide bonds. The Balaban J connectivity index is 0.00000180. The molecule has 0 aliphatic carbocycles. The minimum atomic E-state index is 0. The molecule has 0 aromatic heterocycles. The first kappa shape index (κ1) is 16.7. The maximum atomic E-state index is 12.1. The van der Waals surface area contributed by atoms with Gasteiger partial charge in [0, 0.05) is 18.7 Å². The zero-order valence-corrected chi connectivity index (χ0v) is 12.8. The van der Waals surface area contributed by atoms with Gasteiger partial charge in [-0.25, -0.2) is 0 Å². The number of nitrogens with one attached hydrogen (secondary N) is 2. The van der Waals surface area contributed by atoms with Crippen molar-refractivity contribution in [3.05, 3.63) is 0 Å². The molecule has 5 heteroatoms. The van der Waals surface area contributed by atoms with Crippen LogP contribution in [0.1, 0.15) is 46.0 Å². The van der Waals surface area contributed by atoms with Crippen molar-refractivity contribution in [2.45, 2.75) is 64.1 Å². The normalized spacial score (nSPS) is 35.3. The Hall–Kier alpha value is -0.320. The van der Waals surface area contributed by atoms with Gasteiger partial charge >= 0.3 is 0 Å². The minimum Gasteiger partial charge on any atom is -0.378 e. The topological polar surface area (TPSA) is 50.4 Å². The van der Waals surface area contributed by atoms with Gasteiger partial charge in [-0.2, -0.15) is 0 Å². The molecular formula is C14H27ClN2O2. The Bertz CT molecular complexity index is 273. The van der Waals surface area contributed by atoms with Gasteiger partial charge in [0.1, 0.15) is 0 Å². The molecule has 0 saturated carbocycles. The number of amides is 1. The number of ether oxygens (including phenoxy) is 1. The van der Waals surface area contributed by atoms with E-state index in [0.717, 1.165) is 32.4 Å². The summed E-state index contributed by atoms with van der Waals surface area (Å²) in [6, 6.07) is 0.625. The smallest absolute Gasteiger partial charge is 0.222 e. The summed E-state index contributed by atoms with van der Waals surface area (Å²) in [5.74, 6) is 0.701. The number of hydrogen-bond donors (Lipinski definition) is 2. The van der Waals surface area contributed by atoms with E-state index in [4.69, 9.17) is 4.74 Å². The molecule has 0 spiro atoms. The largest absolute Gasteiger partial charge is 0.378 e. The third-order valence-electron chi connectivity index (χ3n) is 4.23. The molecule has 4 nitrogen and oxygen atoms in total. The van der Waals surface area contributed by atoms with E-state index in [-0.39, 0.29) is 30.5 Å². The second kappa shape index (κ2) is 8.08. The summed E-state index contributed by atoms with van der Waals surface area (Å²) >= 11 is 0. The van der Waals surface area contributed by atoms with Crippen LogP contribution in [-0.2, 0) is 9.53 Å². The third kappa shape index (κ3) is 4.93. The van der Waals surface area contributed by atoms with Gasteiger partial charge in [0.25, 0.3) is 0 Å². The second-order valence-electron chi connectivity index (χ2n) is 5.79. The molecule has 2 rings (SSSR count). The van der Waals surface area contributed by atoms with E-state index in [0.29, 0.717) is 18.4 Å². The number of carbonyl (C=O) groups excluding carboxylic acids is 1. The molecule has 2 fully saturated rings. The van der Waals surface area contributed by atoms with Gasteiger partial charge in [-0.1, -0.05) is 6.92 Å². The lowest BCUT2D eigenvalue weighted by Crippen LogP contribution is -2.56. The Morgan fingerprint density at radius 2 is 2.11 bits per heavy atom. The molecule has 4 unspecified atom stereocenters. The van der Waals surface area contributed by atoms with Crippen LogP contribution < -0.4 is 10.6 Å². The molecule has 0 aromatic carbocycles. The molecule has 0 radical (unpaired) electrons. The Morgan fingerprint density at radius 1 is 1.32 bits per heavy atom. The van der Waals surface area contributed by atoms with Gasteiger partial charge < -0.3 is 15.4 Å². The zero-order chi connectivity index (χ0) is 13.0. The van der Waals surface area contributed by atoms with Crippen LogP contribution in [0.25, 0.3) is 0 Å². The molecule has 0 aromatic rings. The number of halogens is 1. The molecule has 2 saturated heterocycles. The highest BCUT2D eigenvalue weighted by Gasteiger charge is 2.29. The molecule has 2 aliphatic heterocycles. The van der Waals surface area contributed by atoms with Crippen LogP contribution in [0.2, 0.25) is 0 Å². The lowest BCUT2D eigenvalue weighted by molar-refractivity contribution is -0.126. The Labute approximate surface area is 122 Å². The molecule has 112 valence electrons. The van der Waals surface area contributed by atoms with E-state index >= 15 is 0 Å². The first-order chi connectivity index (χ1) is 8.66. The van der Waals surface area contributed by atoms with Crippen molar-refractivity contribution in [2.75, 3.05) is 13.2 Å². The van der Waals surface area contributed by atoms with Gasteiger partial charge in [0.15, 0.2) is 0 Å². The average Bonchev–Trinajstić information content (AvgIpc) is 2.35. The predicted octanol–water partition coefficient (Wildman–Crippen LogP) is 1.87. The SMILES string of the molecule is CC1CCNC(C)C1NC(=O)CC1CCCCO1.Cl. The van der Waals surface area contributed by atoms with Crippen LogP contribution in [0.4, 0.5) is 0 Å². The van der Waals surface area contributed by atoms with Crippen molar-refractivity contribution < 1.29 is 9.53 Å². The van der Waals surface area contributed by atoms with Crippen molar-refractivity contribution in [2.24, 2.45) is 5.92 Å². The van der Waals surface area contributed by atoms with Gasteiger partial charge in [-0.05, 0) is 45.1 Å². The number of carbonyl (C=O) groups is 1. The Morgan fingerprint density at radius 3 is 2.74 bits per heavy atom. The first-order valence-electron chi connectivity index (χ1n) is 7.31. The van der Waals surface area contributed by atoms with Crippen molar-refractivity contribution in [3.8, 4) is 0 Å². The number of piperidine rings is 1. The van der Waals surface area contributed by atoms with E-state index in [1.165, 1.54) is 6.42 Å². The summed E-state index contributed by atoms with van der Waals surface area (Å²) in [6.07, 6.45) is 5.15. The van der Waals surface area contributed by atoms with E-state index in [1.807, 2.05) is 0 Å². The van der Waals surface area contributed by atoms with Gasteiger partial charge in [0.05, 0.1) is 12.5 Å². The molecule has 19 heavy (non-hydrogen) atoms. The highest BCUT2D eigenvalue weighted by atomic mass is 35.5. The minimum absolute atomic E-state index is 0. The van der Waals surface area contributed by atoms with Crippen molar-refractivity contribution in [3.63, 3.8) is 0 Å². The molecule has 4 atom stereocenters. The van der Waals surface area contributed by atoms with Gasteiger partial charge in [-0.15, -0.1) is 12.4 Å². The van der Waals surface area contributed by atoms with Crippen LogP contribution in [0.3, 0.4) is 0 Å². The van der Waals surface area contributed by atoms with Crippen LogP contribution in [0, 0.1) is 5.92 Å². The van der Waals surface area contributed by atoms with Crippen LogP contribution in [0.5, 0.6) is 0 Å². The fraction of sp³-hybridized carbons (Fsp3) is 0.929. The summed E-state index contributed by atoms with van der Waals surface area (Å²) in [4.78, 5) is 12.1. The van der Waals surface area contributed by atoms with Gasteiger partial charge in [0.2, 0.25) is 5.91 Å². The van der Waals surface area contributed by atoms with E-state index in [1.54, 1.807) is 0 Å². The lowest BCUT2D eigenvalue weighted by atomic mass is 9.89. The average molecular weight is 291 g/mol. The summed E-state index contributed by atoms with van der Waals surface area (Å²) in [5, 5.41) is 6.61. The predicted molar refractivity (Wildman–Crippen MR) is 78.6 cm³/mol. The summed E-state index contributed by atoms with van der Waals surface area (Å²) < 4.78 is 5.61. The maximum Gasteiger partial charge on any atom is 0.222 e. The summed E-state index contributed by atoms with van der Waals surface area (Å²) in [6.45, 7) is 6.24. The third-order valence-corrected chi connectivity index (χ3v) is 4.23. The molecule has 0 bridgehead atoms. The molecule has 2 N–H and O–H groups in total. The standard InChI is InChI=1S/C14H26N2O2.ClH/c1-10-6-7-15-11(2)14(10)16-13(17)9-12-5-3-4-8-18-12;/h10-12,14-15H,3-9H2,1-2H3,(H,16,17);1H. The van der Waals surface area contributed by atoms with Crippen LogP contribution >= 0.6 is 12.4 Å². The van der Waals surface area contributed by atoms with Crippen LogP contribution in [0.15, 0.2) is 0 Å². The van der Waals surface area contributed by atoms with Crippen molar-refractivity contribution >= 4 is 18.3 Å². The fourth-order valence-electron chi connectivity index (χ4n) is 3.03. The number of hydrogen-bond acceptors (Lipinski definition) is 3. The second-order valence-corrected chi connectivity index (χ2v) is 5.79. The maximum absolute atomic E-state index is 12.1. The Kier molecular flexibility index (Phi) is 7.11. The van der Waals surface area contributed by atoms with E-state index < -0.39 is 0 Å². The first-order valence-corrected chi connectivity index (χ1v) is 7.31. The number of rotatable bonds is 3. The van der Waals surface area contributed by atoms with Crippen molar-refractivity contribution in [1.82, 2.24) is 10.6 Å². The van der Waals surface area contributed by atoms with Crippen molar-refractivity contribution in [1.29, 1.82) is 0 Å². The van der Waals surface area contributed by atoms with E-state index in [2.05, 4.69) is 24.5 Å². The van der Waals surface area contributed by atoms with E-state index in [9.17, 15) is 4.79 Å². The summed E-state index contributed by atoms with van der Waals surface area (Å²) in [5.41, 5.74) is 0. The summed E-state index contributed by atoms with van der Waals surface area (Å²) in [7, 11) is 0. The molecule has 2 heterocycles. The zero-order valence-electron chi connectivity index (χ0n) is 12.0. The quantitative estimate of drug-likeness (QED) is 0.834. The van der Waals surface area contributed by atoms with Gasteiger partial charge in [-0.3, -0.25) is 4.79 Å². The molecular weight excluding hydrogens is 264 g/mol. The fourth-order valence-corrected chi connectivity index (χ4v) is 3.03. The lowest BCUT2D eigenvalue weighted by Gasteiger charge is -2.36. The monoisotopic (exact) mass is 290 g/mol. The molecule has 2 aliphatic rings. The van der Waals surface area contributed by atoms with Crippen LogP contribution in [-0.4, -0.2) is 37.2 Å².